The molecule has 1 N–H and O–H groups in total. The average Bonchev–Trinajstić information content (AvgIpc) is 2.96. The van der Waals surface area contributed by atoms with Crippen LogP contribution >= 0.6 is 0 Å². The van der Waals surface area contributed by atoms with Crippen molar-refractivity contribution in [3.8, 4) is 0 Å². The van der Waals surface area contributed by atoms with Gasteiger partial charge in [0.25, 0.3) is 0 Å². The number of hydrogen-bond donors (Lipinski definition) is 1. The van der Waals surface area contributed by atoms with Crippen LogP contribution in [0.1, 0.15) is 24.6 Å². The molecule has 0 spiro atoms. The first-order chi connectivity index (χ1) is 12.0. The highest BCUT2D eigenvalue weighted by Gasteiger charge is 2.40. The van der Waals surface area contributed by atoms with Gasteiger partial charge in [-0.1, -0.05) is 36.4 Å². The number of aromatic nitrogens is 1. The van der Waals surface area contributed by atoms with Gasteiger partial charge in [0.05, 0.1) is 18.2 Å². The van der Waals surface area contributed by atoms with Gasteiger partial charge in [-0.3, -0.25) is 9.78 Å². The predicted octanol–water partition coefficient (Wildman–Crippen LogP) is 2.27. The lowest BCUT2D eigenvalue weighted by atomic mass is 9.96. The summed E-state index contributed by atoms with van der Waals surface area (Å²) in [6.07, 6.45) is 1.16. The van der Waals surface area contributed by atoms with Gasteiger partial charge in [-0.15, -0.1) is 0 Å². The average molecular weight is 340 g/mol. The topological polar surface area (TPSA) is 79.7 Å². The minimum absolute atomic E-state index is 0.158. The van der Waals surface area contributed by atoms with Crippen molar-refractivity contribution in [1.82, 2.24) is 9.88 Å². The molecule has 2 heterocycles. The minimum Gasteiger partial charge on any atom is -0.447 e. The van der Waals surface area contributed by atoms with Gasteiger partial charge in [-0.25, -0.2) is 9.69 Å². The highest BCUT2D eigenvalue weighted by atomic mass is 16.6. The molecule has 6 heteroatoms. The minimum atomic E-state index is -1.46. The number of carbonyl (C=O) groups excluding carboxylic acids is 2. The summed E-state index contributed by atoms with van der Waals surface area (Å²) in [5.74, 6) is -0.473. The van der Waals surface area contributed by atoms with E-state index in [-0.39, 0.29) is 19.1 Å². The fourth-order valence-corrected chi connectivity index (χ4v) is 2.95. The lowest BCUT2D eigenvalue weighted by molar-refractivity contribution is -0.134. The molecule has 0 bridgehead atoms. The Balaban J connectivity index is 1.74. The van der Waals surface area contributed by atoms with Gasteiger partial charge in [0.2, 0.25) is 5.91 Å². The smallest absolute Gasteiger partial charge is 0.416 e. The third-order valence-corrected chi connectivity index (χ3v) is 4.26. The maximum atomic E-state index is 12.7. The van der Waals surface area contributed by atoms with E-state index in [0.717, 1.165) is 10.5 Å². The van der Waals surface area contributed by atoms with Crippen LogP contribution < -0.4 is 0 Å². The maximum absolute atomic E-state index is 12.7. The summed E-state index contributed by atoms with van der Waals surface area (Å²) in [6.45, 7) is 1.67. The summed E-state index contributed by atoms with van der Waals surface area (Å²) in [5.41, 5.74) is -0.0611. The van der Waals surface area contributed by atoms with E-state index in [1.165, 1.54) is 6.92 Å². The molecule has 1 aliphatic heterocycles. The summed E-state index contributed by atoms with van der Waals surface area (Å²) in [6, 6.07) is 14.4. The van der Waals surface area contributed by atoms with E-state index >= 15 is 0 Å². The van der Waals surface area contributed by atoms with Gasteiger partial charge < -0.3 is 9.84 Å². The molecule has 2 atom stereocenters. The molecule has 0 saturated carbocycles. The van der Waals surface area contributed by atoms with Crippen LogP contribution in [0.15, 0.2) is 54.7 Å². The second kappa shape index (κ2) is 7.03. The Kier molecular flexibility index (Phi) is 4.81. The normalized spacial score (nSPS) is 19.4. The third-order valence-electron chi connectivity index (χ3n) is 4.26. The first-order valence-electron chi connectivity index (χ1n) is 8.14. The SMILES string of the molecule is C[C@@](O)(CC(=O)N1C(=O)OC[C@@H]1Cc1ccccc1)c1ccccn1. The van der Waals surface area contributed by atoms with Crippen LogP contribution in [0.4, 0.5) is 4.79 Å². The van der Waals surface area contributed by atoms with Gasteiger partial charge in [-0.05, 0) is 31.0 Å². The number of imide groups is 1. The van der Waals surface area contributed by atoms with Gasteiger partial charge in [0.15, 0.2) is 0 Å². The maximum Gasteiger partial charge on any atom is 0.416 e. The molecule has 1 saturated heterocycles. The van der Waals surface area contributed by atoms with Crippen molar-refractivity contribution in [1.29, 1.82) is 0 Å². The largest absolute Gasteiger partial charge is 0.447 e. The van der Waals surface area contributed by atoms with E-state index in [1.807, 2.05) is 30.3 Å². The van der Waals surface area contributed by atoms with Gasteiger partial charge in [-0.2, -0.15) is 0 Å². The Bertz CT molecular complexity index is 747. The molecule has 25 heavy (non-hydrogen) atoms. The highest BCUT2D eigenvalue weighted by molar-refractivity contribution is 5.94. The number of pyridine rings is 1. The number of amides is 2. The lowest BCUT2D eigenvalue weighted by Crippen LogP contribution is -2.43. The van der Waals surface area contributed by atoms with Gasteiger partial charge >= 0.3 is 6.09 Å². The number of cyclic esters (lactones) is 1. The molecule has 3 rings (SSSR count). The van der Waals surface area contributed by atoms with Crippen molar-refractivity contribution in [2.24, 2.45) is 0 Å². The number of nitrogens with zero attached hydrogens (tertiary/aromatic N) is 2. The second-order valence-electron chi connectivity index (χ2n) is 6.35. The molecule has 2 amide bonds. The first-order valence-corrected chi connectivity index (χ1v) is 8.14. The number of benzene rings is 1. The van der Waals surface area contributed by atoms with Crippen molar-refractivity contribution < 1.29 is 19.4 Å². The Morgan fingerprint density at radius 1 is 1.28 bits per heavy atom. The molecule has 1 aromatic heterocycles. The monoisotopic (exact) mass is 340 g/mol. The first kappa shape index (κ1) is 17.1. The highest BCUT2D eigenvalue weighted by Crippen LogP contribution is 2.26. The predicted molar refractivity (Wildman–Crippen MR) is 90.6 cm³/mol. The van der Waals surface area contributed by atoms with Gasteiger partial charge in [0, 0.05) is 6.20 Å². The Labute approximate surface area is 146 Å². The van der Waals surface area contributed by atoms with E-state index in [0.29, 0.717) is 12.1 Å². The van der Waals surface area contributed by atoms with Crippen LogP contribution in [0, 0.1) is 0 Å². The fraction of sp³-hybridized carbons (Fsp3) is 0.316. The summed E-state index contributed by atoms with van der Waals surface area (Å²) >= 11 is 0. The number of rotatable bonds is 5. The number of hydrogen-bond acceptors (Lipinski definition) is 5. The van der Waals surface area contributed by atoms with E-state index in [2.05, 4.69) is 4.98 Å². The molecule has 2 aromatic rings. The quantitative estimate of drug-likeness (QED) is 0.903. The molecule has 0 radical (unpaired) electrons. The van der Waals surface area contributed by atoms with Crippen LogP contribution in [0.25, 0.3) is 0 Å². The van der Waals surface area contributed by atoms with Gasteiger partial charge in [0.1, 0.15) is 12.2 Å². The molecular formula is C19H20N2O4. The van der Waals surface area contributed by atoms with Crippen molar-refractivity contribution in [3.05, 3.63) is 66.0 Å². The van der Waals surface area contributed by atoms with Crippen LogP contribution in [-0.2, 0) is 21.6 Å². The Hall–Kier alpha value is -2.73. The molecule has 0 aliphatic carbocycles. The van der Waals surface area contributed by atoms with E-state index in [4.69, 9.17) is 4.74 Å². The molecule has 1 fully saturated rings. The summed E-state index contributed by atoms with van der Waals surface area (Å²) in [4.78, 5) is 29.9. The van der Waals surface area contributed by atoms with Crippen molar-refractivity contribution in [3.63, 3.8) is 0 Å². The lowest BCUT2D eigenvalue weighted by Gasteiger charge is -2.26. The Morgan fingerprint density at radius 2 is 2.00 bits per heavy atom. The Morgan fingerprint density at radius 3 is 2.68 bits per heavy atom. The van der Waals surface area contributed by atoms with Crippen molar-refractivity contribution >= 4 is 12.0 Å². The van der Waals surface area contributed by atoms with Crippen LogP contribution in [0.5, 0.6) is 0 Å². The zero-order valence-electron chi connectivity index (χ0n) is 14.0. The summed E-state index contributed by atoms with van der Waals surface area (Å²) in [5, 5.41) is 10.6. The van der Waals surface area contributed by atoms with E-state index < -0.39 is 17.6 Å². The molecule has 0 unspecified atom stereocenters. The van der Waals surface area contributed by atoms with Crippen molar-refractivity contribution in [2.75, 3.05) is 6.61 Å². The zero-order chi connectivity index (χ0) is 17.9. The van der Waals surface area contributed by atoms with E-state index in [9.17, 15) is 14.7 Å². The number of carbonyl (C=O) groups is 2. The zero-order valence-corrected chi connectivity index (χ0v) is 14.0. The van der Waals surface area contributed by atoms with Crippen LogP contribution in [-0.4, -0.2) is 39.6 Å². The summed E-state index contributed by atoms with van der Waals surface area (Å²) in [7, 11) is 0. The molecule has 130 valence electrons. The summed E-state index contributed by atoms with van der Waals surface area (Å²) < 4.78 is 5.06. The number of aliphatic hydroxyl groups is 1. The third kappa shape index (κ3) is 3.85. The van der Waals surface area contributed by atoms with Crippen LogP contribution in [0.3, 0.4) is 0 Å². The molecule has 6 nitrogen and oxygen atoms in total. The second-order valence-corrected chi connectivity index (χ2v) is 6.35. The molecular weight excluding hydrogens is 320 g/mol. The molecule has 1 aliphatic rings. The fourth-order valence-electron chi connectivity index (χ4n) is 2.95. The van der Waals surface area contributed by atoms with Crippen LogP contribution in [0.2, 0.25) is 0 Å². The standard InChI is InChI=1S/C19H20N2O4/c1-19(24,16-9-5-6-10-20-16)12-17(22)21-15(13-25-18(21)23)11-14-7-3-2-4-8-14/h2-10,15,24H,11-13H2,1H3/t15-,19+/m0/s1. The molecule has 1 aromatic carbocycles. The number of ether oxygens (including phenoxy) is 1. The van der Waals surface area contributed by atoms with E-state index in [1.54, 1.807) is 24.4 Å². The van der Waals surface area contributed by atoms with Crippen molar-refractivity contribution in [2.45, 2.75) is 31.4 Å².